The fraction of sp³-hybridized carbons (Fsp3) is 0.509. The van der Waals surface area contributed by atoms with Crippen LogP contribution in [0, 0.1) is 28.1 Å². The molecule has 1 heterocycles. The van der Waals surface area contributed by atoms with Crippen molar-refractivity contribution >= 4 is 23.3 Å². The predicted molar refractivity (Wildman–Crippen MR) is 262 cm³/mol. The Bertz CT molecular complexity index is 2670. The first kappa shape index (κ1) is 60.6. The molecule has 0 radical (unpaired) electrons. The van der Waals surface area contributed by atoms with Crippen molar-refractivity contribution in [1.82, 2.24) is 4.90 Å². The van der Waals surface area contributed by atoms with E-state index in [1.165, 1.54) is 13.8 Å². The van der Waals surface area contributed by atoms with Gasteiger partial charge in [-0.1, -0.05) is 60.7 Å². The number of nitrogens with zero attached hydrogens (tertiary/aromatic N) is 3. The molecule has 3 fully saturated rings. The lowest BCUT2D eigenvalue weighted by molar-refractivity contribution is -0.145. The first-order valence-electron chi connectivity index (χ1n) is 25.2. The lowest BCUT2D eigenvalue weighted by Gasteiger charge is -2.47. The molecule has 7 rings (SSSR count). The number of hydrogen-bond donors (Lipinski definition) is 0. The van der Waals surface area contributed by atoms with Crippen LogP contribution in [-0.4, -0.2) is 47.8 Å². The molecular formula is C57H58ClF12N3O4. The number of alkyl halides is 13. The molecule has 0 unspecified atom stereocenters. The van der Waals surface area contributed by atoms with Gasteiger partial charge in [-0.25, -0.2) is 0 Å². The van der Waals surface area contributed by atoms with Gasteiger partial charge in [0, 0.05) is 42.5 Å². The molecule has 416 valence electrons. The number of benzene rings is 4. The fourth-order valence-electron chi connectivity index (χ4n) is 10.8. The van der Waals surface area contributed by atoms with E-state index in [2.05, 4.69) is 12.1 Å². The summed E-state index contributed by atoms with van der Waals surface area (Å²) in [6.07, 6.45) is -16.4. The second-order valence-corrected chi connectivity index (χ2v) is 20.9. The zero-order chi connectivity index (χ0) is 56.7. The molecule has 7 nitrogen and oxygen atoms in total. The first-order chi connectivity index (χ1) is 36.0. The number of hydrogen-bond acceptors (Lipinski definition) is 6. The third-order valence-electron chi connectivity index (χ3n) is 15.5. The lowest BCUT2D eigenvalue weighted by atomic mass is 9.60. The number of carbonyl (C=O) groups excluding carboxylic acids is 2. The molecule has 0 aromatic heterocycles. The quantitative estimate of drug-likeness (QED) is 0.0818. The van der Waals surface area contributed by atoms with Gasteiger partial charge < -0.3 is 14.4 Å². The van der Waals surface area contributed by atoms with Crippen molar-refractivity contribution in [1.29, 1.82) is 10.5 Å². The van der Waals surface area contributed by atoms with Crippen molar-refractivity contribution in [2.24, 2.45) is 5.41 Å². The minimum Gasteiger partial charge on any atom is -0.373 e. The molecule has 20 heteroatoms. The van der Waals surface area contributed by atoms with Crippen LogP contribution in [-0.2, 0) is 54.6 Å². The van der Waals surface area contributed by atoms with Crippen LogP contribution >= 0.6 is 11.6 Å². The molecule has 0 bridgehead atoms. The molecule has 4 aromatic carbocycles. The summed E-state index contributed by atoms with van der Waals surface area (Å²) >= 11 is 5.69. The number of carbonyl (C=O) groups is 2. The van der Waals surface area contributed by atoms with Crippen LogP contribution in [0.2, 0.25) is 0 Å². The molecule has 2 saturated carbocycles. The Hall–Kier alpha value is -5.63. The molecule has 1 saturated heterocycles. The molecule has 1 amide bonds. The monoisotopic (exact) mass is 1110 g/mol. The predicted octanol–water partition coefficient (Wildman–Crippen LogP) is 16.0. The maximum Gasteiger partial charge on any atom is 0.416 e. The van der Waals surface area contributed by atoms with Crippen LogP contribution in [0.25, 0.3) is 0 Å². The highest BCUT2D eigenvalue weighted by Gasteiger charge is 2.50. The van der Waals surface area contributed by atoms with Gasteiger partial charge >= 0.3 is 24.7 Å². The summed E-state index contributed by atoms with van der Waals surface area (Å²) in [6, 6.07) is 26.3. The largest absolute Gasteiger partial charge is 0.416 e. The van der Waals surface area contributed by atoms with Gasteiger partial charge in [-0.3, -0.25) is 9.59 Å². The van der Waals surface area contributed by atoms with E-state index >= 15 is 0 Å². The Kier molecular flexibility index (Phi) is 19.0. The Morgan fingerprint density at radius 1 is 0.610 bits per heavy atom. The van der Waals surface area contributed by atoms with Crippen molar-refractivity contribution in [2.75, 3.05) is 25.6 Å². The summed E-state index contributed by atoms with van der Waals surface area (Å²) in [5, 5.41) is 20.0. The lowest BCUT2D eigenvalue weighted by Crippen LogP contribution is -2.53. The summed E-state index contributed by atoms with van der Waals surface area (Å²) in [7, 11) is 0. The number of halogens is 13. The van der Waals surface area contributed by atoms with Crippen LogP contribution in [0.4, 0.5) is 52.7 Å². The number of nitriles is 2. The number of likely N-dealkylation sites (tertiary alicyclic amines) is 1. The van der Waals surface area contributed by atoms with Crippen molar-refractivity contribution in [3.05, 3.63) is 142 Å². The summed E-state index contributed by atoms with van der Waals surface area (Å²) in [4.78, 5) is 26.5. The van der Waals surface area contributed by atoms with Gasteiger partial charge in [0.2, 0.25) is 5.91 Å². The summed E-state index contributed by atoms with van der Waals surface area (Å²) in [5.41, 5.74) is -7.21. The van der Waals surface area contributed by atoms with Gasteiger partial charge in [0.05, 0.1) is 65.2 Å². The Morgan fingerprint density at radius 2 is 1.00 bits per heavy atom. The third kappa shape index (κ3) is 14.7. The number of Topliss-reactive ketones (excluding diaryl/α,β-unsaturated/α-hetero) is 1. The highest BCUT2D eigenvalue weighted by Crippen LogP contribution is 2.51. The Balaban J connectivity index is 0.000000250. The molecule has 77 heavy (non-hydrogen) atoms. The second-order valence-electron chi connectivity index (χ2n) is 20.6. The van der Waals surface area contributed by atoms with Crippen LogP contribution in [0.5, 0.6) is 0 Å². The van der Waals surface area contributed by atoms with Crippen molar-refractivity contribution in [2.45, 2.75) is 151 Å². The molecular weight excluding hydrogens is 1050 g/mol. The van der Waals surface area contributed by atoms with Gasteiger partial charge in [0.1, 0.15) is 11.3 Å². The normalized spacial score (nSPS) is 24.0. The maximum atomic E-state index is 13.4. The number of amides is 1. The van der Waals surface area contributed by atoms with E-state index < -0.39 is 81.0 Å². The average molecular weight is 1110 g/mol. The maximum absolute atomic E-state index is 13.4. The van der Waals surface area contributed by atoms with Gasteiger partial charge in [-0.05, 0) is 137 Å². The van der Waals surface area contributed by atoms with E-state index in [4.69, 9.17) is 21.1 Å². The van der Waals surface area contributed by atoms with E-state index in [9.17, 15) is 72.8 Å². The SMILES string of the molecule is C[C@@H](OCC1(c2ccccc2)CCC(C#N)(CC(=O)CCCCl)CC1)c1cc(C(F)(F)F)cc(C(F)(F)F)c1.C[C@@H](OCC1(c2ccccc2)CCC(C#N)(N2CCCC2=O)CC1)c1cc(C(F)(F)F)cc(C(F)(F)F)c1. The molecule has 4 aromatic rings. The summed E-state index contributed by atoms with van der Waals surface area (Å²) in [6.45, 7) is 3.43. The Labute approximate surface area is 444 Å². The van der Waals surface area contributed by atoms with E-state index in [1.807, 2.05) is 60.7 Å². The van der Waals surface area contributed by atoms with E-state index in [0.717, 1.165) is 11.1 Å². The zero-order valence-corrected chi connectivity index (χ0v) is 43.1. The highest BCUT2D eigenvalue weighted by atomic mass is 35.5. The smallest absolute Gasteiger partial charge is 0.373 e. The first-order valence-corrected chi connectivity index (χ1v) is 25.7. The van der Waals surface area contributed by atoms with Crippen molar-refractivity contribution in [3.63, 3.8) is 0 Å². The van der Waals surface area contributed by atoms with Crippen LogP contribution in [0.15, 0.2) is 97.1 Å². The molecule has 2 aliphatic carbocycles. The number of ether oxygens (including phenoxy) is 2. The fourth-order valence-corrected chi connectivity index (χ4v) is 10.9. The summed E-state index contributed by atoms with van der Waals surface area (Å²) in [5.74, 6) is 0.279. The zero-order valence-electron chi connectivity index (χ0n) is 42.3. The minimum absolute atomic E-state index is 0.0253. The molecule has 0 N–H and O–H groups in total. The molecule has 0 spiro atoms. The van der Waals surface area contributed by atoms with Gasteiger partial charge in [-0.15, -0.1) is 11.6 Å². The van der Waals surface area contributed by atoms with E-state index in [1.54, 1.807) is 4.90 Å². The summed E-state index contributed by atoms with van der Waals surface area (Å²) < 4.78 is 172. The standard InChI is InChI=1S/C29H30ClF6NO2.C28H28F6N2O2/c1-20(21-14-23(28(31,32)33)16-24(15-21)29(34,35)36)39-19-27(22-6-3-2-4-7-22)11-9-26(18-37,10-12-27)17-25(38)8-5-13-30;1-19(20-14-22(27(29,30)31)16-23(15-20)28(32,33)34)38-18-25(21-6-3-2-4-7-21)9-11-26(17-35,12-10-25)36-13-5-8-24(36)37/h2-4,6-7,14-16,20H,5,8-13,17,19H2,1H3;2-4,6-7,14-16,19H,5,8-13,18H2,1H3/t20-,26?,27?;19-,25?,26?/m11/s1. The second kappa shape index (κ2) is 24.2. The number of ketones is 1. The van der Waals surface area contributed by atoms with Gasteiger partial charge in [0.15, 0.2) is 0 Å². The van der Waals surface area contributed by atoms with E-state index in [-0.39, 0.29) is 54.6 Å². The minimum atomic E-state index is -4.95. The van der Waals surface area contributed by atoms with Gasteiger partial charge in [0.25, 0.3) is 0 Å². The molecule has 3 aliphatic rings. The van der Waals surface area contributed by atoms with Crippen LogP contribution in [0.3, 0.4) is 0 Å². The highest BCUT2D eigenvalue weighted by molar-refractivity contribution is 6.17. The van der Waals surface area contributed by atoms with Gasteiger partial charge in [-0.2, -0.15) is 63.2 Å². The van der Waals surface area contributed by atoms with Crippen molar-refractivity contribution in [3.8, 4) is 12.1 Å². The van der Waals surface area contributed by atoms with E-state index in [0.29, 0.717) is 114 Å². The third-order valence-corrected chi connectivity index (χ3v) is 15.8. The molecule has 1 aliphatic heterocycles. The van der Waals surface area contributed by atoms with Crippen LogP contribution < -0.4 is 0 Å². The Morgan fingerprint density at radius 3 is 1.32 bits per heavy atom. The number of rotatable bonds is 16. The van der Waals surface area contributed by atoms with Crippen LogP contribution in [0.1, 0.15) is 154 Å². The topological polar surface area (TPSA) is 103 Å². The molecule has 2 atom stereocenters. The average Bonchev–Trinajstić information content (AvgIpc) is 3.87. The van der Waals surface area contributed by atoms with Crippen molar-refractivity contribution < 1.29 is 71.7 Å².